The van der Waals surface area contributed by atoms with Crippen molar-refractivity contribution in [2.24, 2.45) is 0 Å². The molecule has 4 heterocycles. The second kappa shape index (κ2) is 20.4. The van der Waals surface area contributed by atoms with Gasteiger partial charge in [0.15, 0.2) is 0 Å². The van der Waals surface area contributed by atoms with E-state index in [4.69, 9.17) is 0 Å². The molecule has 76 heavy (non-hydrogen) atoms. The molecule has 0 atom stereocenters. The number of aromatic amines is 4. The Hall–Kier alpha value is -10.2. The van der Waals surface area contributed by atoms with Gasteiger partial charge in [0, 0.05) is 87.4 Å². The largest absolute Gasteiger partial charge is 0.354 e. The normalized spacial score (nSPS) is 11.2. The van der Waals surface area contributed by atoms with Gasteiger partial charge in [0.1, 0.15) is 0 Å². The molecule has 0 bridgehead atoms. The Kier molecular flexibility index (Phi) is 12.3. The molecular formula is C72H52N4. The van der Waals surface area contributed by atoms with Crippen LogP contribution in [-0.2, 0) is 0 Å². The van der Waals surface area contributed by atoms with Gasteiger partial charge in [-0.25, -0.2) is 0 Å². The zero-order valence-corrected chi connectivity index (χ0v) is 41.7. The first-order valence-electron chi connectivity index (χ1n) is 25.9. The highest BCUT2D eigenvalue weighted by Gasteiger charge is 2.12. The van der Waals surface area contributed by atoms with E-state index < -0.39 is 0 Å². The van der Waals surface area contributed by atoms with Crippen LogP contribution in [-0.4, -0.2) is 19.9 Å². The van der Waals surface area contributed by atoms with Gasteiger partial charge in [-0.3, -0.25) is 0 Å². The van der Waals surface area contributed by atoms with Crippen molar-refractivity contribution in [2.45, 2.75) is 0 Å². The molecule has 0 aliphatic rings. The third-order valence-corrected chi connectivity index (χ3v) is 14.5. The van der Waals surface area contributed by atoms with Crippen molar-refractivity contribution in [1.82, 2.24) is 19.9 Å². The molecule has 0 saturated carbocycles. The van der Waals surface area contributed by atoms with Crippen LogP contribution in [0.1, 0.15) is 0 Å². The lowest BCUT2D eigenvalue weighted by atomic mass is 10.0. The molecule has 4 nitrogen and oxygen atoms in total. The van der Waals surface area contributed by atoms with Crippen molar-refractivity contribution in [1.29, 1.82) is 0 Å². The van der Waals surface area contributed by atoms with E-state index in [1.165, 1.54) is 132 Å². The van der Waals surface area contributed by atoms with Gasteiger partial charge in [0.2, 0.25) is 0 Å². The van der Waals surface area contributed by atoms with Crippen LogP contribution in [0.25, 0.3) is 132 Å². The molecule has 0 aliphatic heterocycles. The maximum absolute atomic E-state index is 3.55. The Morgan fingerprint density at radius 2 is 0.329 bits per heavy atom. The Morgan fingerprint density at radius 3 is 0.553 bits per heavy atom. The molecular weight excluding hydrogens is 921 g/mol. The van der Waals surface area contributed by atoms with Crippen LogP contribution in [0.4, 0.5) is 0 Å². The standard InChI is InChI=1S/4C18H13N/c4*1-2-7-13(8-3-1)14-10-6-11-16-15-9-4-5-12-17(15)19-18(14)16/h4*1-12,19H. The fourth-order valence-electron chi connectivity index (χ4n) is 10.9. The minimum Gasteiger partial charge on any atom is -0.354 e. The molecule has 4 aromatic heterocycles. The minimum absolute atomic E-state index is 1.20. The first kappa shape index (κ1) is 45.7. The van der Waals surface area contributed by atoms with Gasteiger partial charge in [-0.2, -0.15) is 0 Å². The maximum atomic E-state index is 3.55. The Bertz CT molecular complexity index is 4020. The first-order valence-corrected chi connectivity index (χ1v) is 25.9. The molecule has 0 radical (unpaired) electrons. The molecule has 16 aromatic rings. The second-order valence-electron chi connectivity index (χ2n) is 19.1. The summed E-state index contributed by atoms with van der Waals surface area (Å²) in [5, 5.41) is 10.3. The first-order chi connectivity index (χ1) is 37.7. The van der Waals surface area contributed by atoms with E-state index in [0.29, 0.717) is 0 Å². The fourth-order valence-corrected chi connectivity index (χ4v) is 10.9. The monoisotopic (exact) mass is 972 g/mol. The number of aromatic nitrogens is 4. The zero-order chi connectivity index (χ0) is 50.6. The summed E-state index contributed by atoms with van der Waals surface area (Å²) in [6.45, 7) is 0. The Balaban J connectivity index is 0.0000000970. The molecule has 360 valence electrons. The van der Waals surface area contributed by atoms with E-state index in [0.717, 1.165) is 0 Å². The lowest BCUT2D eigenvalue weighted by molar-refractivity contribution is 1.53. The molecule has 4 N–H and O–H groups in total. The van der Waals surface area contributed by atoms with Crippen LogP contribution in [0.2, 0.25) is 0 Å². The molecule has 12 aromatic carbocycles. The Labute approximate surface area is 440 Å². The Morgan fingerprint density at radius 1 is 0.145 bits per heavy atom. The summed E-state index contributed by atoms with van der Waals surface area (Å²) >= 11 is 0. The summed E-state index contributed by atoms with van der Waals surface area (Å²) in [4.78, 5) is 14.2. The van der Waals surface area contributed by atoms with Crippen molar-refractivity contribution >= 4 is 87.2 Å². The average molecular weight is 973 g/mol. The van der Waals surface area contributed by atoms with Crippen molar-refractivity contribution < 1.29 is 0 Å². The van der Waals surface area contributed by atoms with Crippen molar-refractivity contribution in [2.75, 3.05) is 0 Å². The summed E-state index contributed by atoms with van der Waals surface area (Å²) in [7, 11) is 0. The van der Waals surface area contributed by atoms with Crippen LogP contribution >= 0.6 is 0 Å². The topological polar surface area (TPSA) is 63.2 Å². The van der Waals surface area contributed by atoms with E-state index in [2.05, 4.69) is 311 Å². The predicted octanol–water partition coefficient (Wildman–Crippen LogP) is 20.0. The SMILES string of the molecule is c1ccc(-c2cccc3c2[nH]c2ccccc23)cc1.c1ccc(-c2cccc3c2[nH]c2ccccc23)cc1.c1ccc(-c2cccc3c2[nH]c2ccccc23)cc1.c1ccc(-c2cccc3c2[nH]c2ccccc23)cc1. The average Bonchev–Trinajstić information content (AvgIpc) is 4.29. The predicted molar refractivity (Wildman–Crippen MR) is 325 cm³/mol. The molecule has 4 heteroatoms. The fraction of sp³-hybridized carbons (Fsp3) is 0. The highest BCUT2D eigenvalue weighted by molar-refractivity contribution is 6.15. The van der Waals surface area contributed by atoms with Gasteiger partial charge in [-0.15, -0.1) is 0 Å². The highest BCUT2D eigenvalue weighted by Crippen LogP contribution is 2.37. The van der Waals surface area contributed by atoms with Gasteiger partial charge >= 0.3 is 0 Å². The molecule has 0 saturated heterocycles. The van der Waals surface area contributed by atoms with E-state index in [1.54, 1.807) is 0 Å². The van der Waals surface area contributed by atoms with Crippen LogP contribution < -0.4 is 0 Å². The van der Waals surface area contributed by atoms with Crippen molar-refractivity contribution in [3.63, 3.8) is 0 Å². The van der Waals surface area contributed by atoms with Crippen LogP contribution in [0.5, 0.6) is 0 Å². The summed E-state index contributed by atoms with van der Waals surface area (Å²) in [5.74, 6) is 0. The van der Waals surface area contributed by atoms with Gasteiger partial charge in [-0.05, 0) is 46.5 Å². The minimum atomic E-state index is 1.20. The number of nitrogens with one attached hydrogen (secondary N) is 4. The number of hydrogen-bond donors (Lipinski definition) is 4. The smallest absolute Gasteiger partial charge is 0.0544 e. The van der Waals surface area contributed by atoms with Gasteiger partial charge < -0.3 is 19.9 Å². The van der Waals surface area contributed by atoms with Crippen LogP contribution in [0.3, 0.4) is 0 Å². The van der Waals surface area contributed by atoms with Gasteiger partial charge in [0.05, 0.1) is 22.1 Å². The zero-order valence-electron chi connectivity index (χ0n) is 41.7. The third-order valence-electron chi connectivity index (χ3n) is 14.5. The van der Waals surface area contributed by atoms with Crippen molar-refractivity contribution in [3.8, 4) is 44.5 Å². The lowest BCUT2D eigenvalue weighted by Gasteiger charge is -2.03. The summed E-state index contributed by atoms with van der Waals surface area (Å²) < 4.78 is 0. The number of hydrogen-bond acceptors (Lipinski definition) is 0. The quantitative estimate of drug-likeness (QED) is 0.136. The molecule has 0 unspecified atom stereocenters. The summed E-state index contributed by atoms with van der Waals surface area (Å²) in [5.41, 5.74) is 19.7. The molecule has 0 fully saturated rings. The molecule has 16 rings (SSSR count). The molecule has 0 spiro atoms. The van der Waals surface area contributed by atoms with E-state index in [9.17, 15) is 0 Å². The van der Waals surface area contributed by atoms with E-state index in [-0.39, 0.29) is 0 Å². The number of rotatable bonds is 4. The second-order valence-corrected chi connectivity index (χ2v) is 19.1. The molecule has 0 amide bonds. The number of para-hydroxylation sites is 8. The van der Waals surface area contributed by atoms with Gasteiger partial charge in [-0.1, -0.05) is 267 Å². The van der Waals surface area contributed by atoms with E-state index >= 15 is 0 Å². The number of H-pyrrole nitrogens is 4. The lowest BCUT2D eigenvalue weighted by Crippen LogP contribution is -1.79. The van der Waals surface area contributed by atoms with Gasteiger partial charge in [0.25, 0.3) is 0 Å². The van der Waals surface area contributed by atoms with E-state index in [1.807, 2.05) is 0 Å². The summed E-state index contributed by atoms with van der Waals surface area (Å²) in [6.07, 6.45) is 0. The third kappa shape index (κ3) is 8.74. The van der Waals surface area contributed by atoms with Crippen LogP contribution in [0.15, 0.2) is 291 Å². The highest BCUT2D eigenvalue weighted by atomic mass is 14.7. The molecule has 0 aliphatic carbocycles. The number of fused-ring (bicyclic) bond motifs is 12. The van der Waals surface area contributed by atoms with Crippen molar-refractivity contribution in [3.05, 3.63) is 291 Å². The summed E-state index contributed by atoms with van der Waals surface area (Å²) in [6, 6.07) is 102. The number of benzene rings is 12. The van der Waals surface area contributed by atoms with Crippen LogP contribution in [0, 0.1) is 0 Å². The maximum Gasteiger partial charge on any atom is 0.0544 e.